The van der Waals surface area contributed by atoms with E-state index in [2.05, 4.69) is 26.4 Å². The third kappa shape index (κ3) is 7.09. The molecule has 0 aliphatic carbocycles. The number of nitrogens with zero attached hydrogens (tertiary/aromatic N) is 8. The largest absolute Gasteiger partial charge is 0.378 e. The van der Waals surface area contributed by atoms with Gasteiger partial charge < -0.3 is 14.2 Å². The van der Waals surface area contributed by atoms with Crippen LogP contribution in [0, 0.1) is 0 Å². The van der Waals surface area contributed by atoms with Gasteiger partial charge in [-0.2, -0.15) is 14.4 Å². The maximum Gasteiger partial charge on any atom is 0.246 e. The Bertz CT molecular complexity index is 2050. The number of halogens is 2. The normalized spacial score (nSPS) is 17.0. The maximum absolute atomic E-state index is 12.0. The van der Waals surface area contributed by atoms with Crippen molar-refractivity contribution < 1.29 is 13.2 Å². The van der Waals surface area contributed by atoms with Gasteiger partial charge in [-0.3, -0.25) is 4.90 Å². The topological polar surface area (TPSA) is 121 Å². The number of sulfonamides is 1. The number of aromatic nitrogens is 4. The van der Waals surface area contributed by atoms with Crippen LogP contribution in [0.15, 0.2) is 53.6 Å². The fourth-order valence-electron chi connectivity index (χ4n) is 5.87. The number of nitrogens with one attached hydrogen (secondary N) is 1. The van der Waals surface area contributed by atoms with Crippen molar-refractivity contribution in [3.8, 4) is 0 Å². The number of thiophene rings is 1. The molecule has 5 aromatic rings. The van der Waals surface area contributed by atoms with Crippen molar-refractivity contribution >= 4 is 83.8 Å². The van der Waals surface area contributed by atoms with Gasteiger partial charge in [0, 0.05) is 50.7 Å². The SMILES string of the molecule is CS(=O)(=O)N1CCN(Cc2cc3nc(N/N=C/c4nc5ccccc5n4Cc4cccc(Cl)c4Cl)nc(N4CCOCC4)c3s2)CC1. The van der Waals surface area contributed by atoms with E-state index in [9.17, 15) is 8.42 Å². The lowest BCUT2D eigenvalue weighted by molar-refractivity contribution is 0.122. The molecule has 2 aliphatic rings. The molecule has 2 aliphatic heterocycles. The first-order valence-corrected chi connectivity index (χ1v) is 18.6. The summed E-state index contributed by atoms with van der Waals surface area (Å²) < 4.78 is 34.1. The molecule has 2 fully saturated rings. The number of hydrogen-bond donors (Lipinski definition) is 1. The van der Waals surface area contributed by atoms with Crippen molar-refractivity contribution in [3.63, 3.8) is 0 Å². The molecule has 0 bridgehead atoms. The molecule has 246 valence electrons. The number of fused-ring (bicyclic) bond motifs is 2. The molecule has 16 heteroatoms. The number of ether oxygens (including phenoxy) is 1. The zero-order valence-electron chi connectivity index (χ0n) is 25.6. The van der Waals surface area contributed by atoms with Gasteiger partial charge in [-0.15, -0.1) is 11.3 Å². The number of hydrogen-bond acceptors (Lipinski definition) is 11. The molecule has 7 rings (SSSR count). The van der Waals surface area contributed by atoms with Gasteiger partial charge in [-0.25, -0.2) is 23.8 Å². The Balaban J connectivity index is 1.15. The average molecular weight is 715 g/mol. The van der Waals surface area contributed by atoms with Crippen molar-refractivity contribution in [1.82, 2.24) is 28.7 Å². The summed E-state index contributed by atoms with van der Waals surface area (Å²) in [6, 6.07) is 15.6. The molecule has 12 nitrogen and oxygen atoms in total. The minimum atomic E-state index is -3.18. The van der Waals surface area contributed by atoms with Crippen molar-refractivity contribution in [2.75, 3.05) is 69.1 Å². The summed E-state index contributed by atoms with van der Waals surface area (Å²) in [5.41, 5.74) is 6.54. The summed E-state index contributed by atoms with van der Waals surface area (Å²) in [4.78, 5) is 20.2. The van der Waals surface area contributed by atoms with Gasteiger partial charge in [-0.05, 0) is 29.8 Å². The van der Waals surface area contributed by atoms with Gasteiger partial charge in [0.2, 0.25) is 16.0 Å². The number of imidazole rings is 1. The van der Waals surface area contributed by atoms with Crippen molar-refractivity contribution in [2.45, 2.75) is 13.1 Å². The third-order valence-corrected chi connectivity index (χ3v) is 11.5. The second-order valence-electron chi connectivity index (χ2n) is 11.5. The van der Waals surface area contributed by atoms with E-state index in [1.54, 1.807) is 23.6 Å². The monoisotopic (exact) mass is 713 g/mol. The summed E-state index contributed by atoms with van der Waals surface area (Å²) in [7, 11) is -3.18. The molecule has 2 saturated heterocycles. The zero-order chi connectivity index (χ0) is 32.5. The van der Waals surface area contributed by atoms with Crippen LogP contribution in [0.2, 0.25) is 10.0 Å². The molecule has 0 spiro atoms. The summed E-state index contributed by atoms with van der Waals surface area (Å²) >= 11 is 14.5. The highest BCUT2D eigenvalue weighted by Crippen LogP contribution is 2.34. The Kier molecular flexibility index (Phi) is 9.33. The molecule has 0 atom stereocenters. The second-order valence-corrected chi connectivity index (χ2v) is 15.4. The Labute approximate surface area is 286 Å². The maximum atomic E-state index is 12.0. The highest BCUT2D eigenvalue weighted by molar-refractivity contribution is 7.88. The summed E-state index contributed by atoms with van der Waals surface area (Å²) in [6.45, 7) is 6.24. The first-order valence-electron chi connectivity index (χ1n) is 15.2. The lowest BCUT2D eigenvalue weighted by atomic mass is 10.2. The number of rotatable bonds is 9. The summed E-state index contributed by atoms with van der Waals surface area (Å²) in [5, 5.41) is 5.54. The van der Waals surface area contributed by atoms with Crippen molar-refractivity contribution in [3.05, 3.63) is 74.8 Å². The molecule has 2 aromatic carbocycles. The minimum absolute atomic E-state index is 0.377. The Morgan fingerprint density at radius 1 is 0.957 bits per heavy atom. The van der Waals surface area contributed by atoms with Gasteiger partial charge in [0.15, 0.2) is 11.6 Å². The predicted molar refractivity (Wildman–Crippen MR) is 189 cm³/mol. The van der Waals surface area contributed by atoms with Gasteiger partial charge in [0.25, 0.3) is 0 Å². The van der Waals surface area contributed by atoms with Gasteiger partial charge in [-0.1, -0.05) is 47.5 Å². The number of piperazine rings is 1. The zero-order valence-corrected chi connectivity index (χ0v) is 28.8. The first kappa shape index (κ1) is 32.2. The average Bonchev–Trinajstić information content (AvgIpc) is 3.63. The van der Waals surface area contributed by atoms with Crippen LogP contribution in [-0.2, 0) is 27.8 Å². The van der Waals surface area contributed by atoms with Crippen LogP contribution in [0.1, 0.15) is 16.3 Å². The van der Waals surface area contributed by atoms with E-state index in [1.807, 2.05) is 41.0 Å². The fraction of sp³-hybridized carbons (Fsp3) is 0.355. The standard InChI is InChI=1S/C31H33Cl2N9O3S2/c1-47(43,44)41-11-9-39(10-12-41)20-22-17-25-29(46-22)30(40-13-15-45-16-14-40)37-31(36-25)38-34-18-27-35-24-7-2-3-8-26(24)42(27)19-21-5-4-6-23(32)28(21)33/h2-8,17-18H,9-16,19-20H2,1H3,(H,36,37,38)/b34-18+. The molecule has 3 aromatic heterocycles. The Morgan fingerprint density at radius 2 is 1.74 bits per heavy atom. The van der Waals surface area contributed by atoms with Crippen LogP contribution in [0.4, 0.5) is 11.8 Å². The van der Waals surface area contributed by atoms with Gasteiger partial charge >= 0.3 is 0 Å². The number of hydrazone groups is 1. The molecule has 0 radical (unpaired) electrons. The Hall–Kier alpha value is -3.37. The quantitative estimate of drug-likeness (QED) is 0.170. The third-order valence-electron chi connectivity index (χ3n) is 8.28. The van der Waals surface area contributed by atoms with Crippen LogP contribution in [0.5, 0.6) is 0 Å². The first-order chi connectivity index (χ1) is 22.7. The minimum Gasteiger partial charge on any atom is -0.378 e. The van der Waals surface area contributed by atoms with Crippen LogP contribution in [-0.4, -0.2) is 102 Å². The molecule has 0 unspecified atom stereocenters. The van der Waals surface area contributed by atoms with Crippen LogP contribution in [0.25, 0.3) is 21.3 Å². The van der Waals surface area contributed by atoms with Gasteiger partial charge in [0.1, 0.15) is 0 Å². The number of para-hydroxylation sites is 2. The molecular formula is C31H33Cl2N9O3S2. The van der Waals surface area contributed by atoms with E-state index in [1.165, 1.54) is 10.6 Å². The van der Waals surface area contributed by atoms with E-state index in [0.717, 1.165) is 57.1 Å². The van der Waals surface area contributed by atoms with Gasteiger partial charge in [0.05, 0.1) is 63.5 Å². The summed E-state index contributed by atoms with van der Waals surface area (Å²) in [6.07, 6.45) is 2.93. The van der Waals surface area contributed by atoms with E-state index >= 15 is 0 Å². The van der Waals surface area contributed by atoms with Crippen molar-refractivity contribution in [1.29, 1.82) is 0 Å². The molecule has 0 amide bonds. The predicted octanol–water partition coefficient (Wildman–Crippen LogP) is 4.76. The summed E-state index contributed by atoms with van der Waals surface area (Å²) in [5.74, 6) is 1.86. The molecule has 0 saturated carbocycles. The molecular weight excluding hydrogens is 681 g/mol. The van der Waals surface area contributed by atoms with Crippen LogP contribution >= 0.6 is 34.5 Å². The van der Waals surface area contributed by atoms with E-state index in [0.29, 0.717) is 67.8 Å². The highest BCUT2D eigenvalue weighted by Gasteiger charge is 2.25. The number of anilines is 2. The van der Waals surface area contributed by atoms with E-state index in [4.69, 9.17) is 42.9 Å². The molecule has 47 heavy (non-hydrogen) atoms. The fourth-order valence-corrected chi connectivity index (χ4v) is 8.23. The number of morpholine rings is 1. The van der Waals surface area contributed by atoms with E-state index < -0.39 is 10.0 Å². The van der Waals surface area contributed by atoms with Crippen LogP contribution < -0.4 is 10.3 Å². The Morgan fingerprint density at radius 3 is 2.53 bits per heavy atom. The molecule has 5 heterocycles. The highest BCUT2D eigenvalue weighted by atomic mass is 35.5. The lowest BCUT2D eigenvalue weighted by Crippen LogP contribution is -2.47. The van der Waals surface area contributed by atoms with Crippen LogP contribution in [0.3, 0.4) is 0 Å². The van der Waals surface area contributed by atoms with E-state index in [-0.39, 0.29) is 0 Å². The number of benzene rings is 2. The smallest absolute Gasteiger partial charge is 0.246 e. The van der Waals surface area contributed by atoms with Crippen molar-refractivity contribution in [2.24, 2.45) is 5.10 Å². The lowest BCUT2D eigenvalue weighted by Gasteiger charge is -2.32. The molecule has 1 N–H and O–H groups in total. The second kappa shape index (κ2) is 13.6.